The summed E-state index contributed by atoms with van der Waals surface area (Å²) in [5.74, 6) is 0.0512. The lowest BCUT2D eigenvalue weighted by atomic mass is 10.1. The first-order valence-electron chi connectivity index (χ1n) is 8.12. The van der Waals surface area contributed by atoms with Gasteiger partial charge in [-0.2, -0.15) is 0 Å². The van der Waals surface area contributed by atoms with Crippen molar-refractivity contribution in [2.45, 2.75) is 43.7 Å². The van der Waals surface area contributed by atoms with Gasteiger partial charge < -0.3 is 15.5 Å². The number of amides is 3. The summed E-state index contributed by atoms with van der Waals surface area (Å²) in [6.07, 6.45) is 0.876. The summed E-state index contributed by atoms with van der Waals surface area (Å²) in [7, 11) is -3.69. The van der Waals surface area contributed by atoms with E-state index in [1.807, 2.05) is 13.8 Å². The summed E-state index contributed by atoms with van der Waals surface area (Å²) < 4.78 is 22.4. The van der Waals surface area contributed by atoms with Crippen LogP contribution in [-0.2, 0) is 21.2 Å². The van der Waals surface area contributed by atoms with Crippen molar-refractivity contribution < 1.29 is 18.0 Å². The molecule has 1 aliphatic heterocycles. The van der Waals surface area contributed by atoms with E-state index in [1.54, 1.807) is 17.0 Å². The van der Waals surface area contributed by atoms with E-state index in [0.29, 0.717) is 25.9 Å². The standard InChI is InChI=1S/C16H24N4O4S/c1-11(2)20-10-13(9-15(20)21)19-16(22)18-8-7-12-3-5-14(6-4-12)25(17,23)24/h3-6,11,13H,7-10H2,1-2H3,(H2,17,23,24)(H2,18,19,22). The molecule has 1 unspecified atom stereocenters. The monoisotopic (exact) mass is 368 g/mol. The fourth-order valence-electron chi connectivity index (χ4n) is 2.73. The van der Waals surface area contributed by atoms with Gasteiger partial charge in [-0.25, -0.2) is 18.4 Å². The van der Waals surface area contributed by atoms with Gasteiger partial charge in [0.15, 0.2) is 0 Å². The number of carbonyl (C=O) groups excluding carboxylic acids is 2. The number of carbonyl (C=O) groups is 2. The third kappa shape index (κ3) is 5.43. The largest absolute Gasteiger partial charge is 0.338 e. The molecule has 1 aromatic carbocycles. The number of hydrogen-bond donors (Lipinski definition) is 3. The number of likely N-dealkylation sites (tertiary alicyclic amines) is 1. The first-order valence-corrected chi connectivity index (χ1v) is 9.67. The second kappa shape index (κ2) is 7.83. The van der Waals surface area contributed by atoms with Gasteiger partial charge in [0.1, 0.15) is 0 Å². The summed E-state index contributed by atoms with van der Waals surface area (Å²) in [6, 6.07) is 5.84. The van der Waals surface area contributed by atoms with E-state index < -0.39 is 10.0 Å². The number of nitrogens with one attached hydrogen (secondary N) is 2. The summed E-state index contributed by atoms with van der Waals surface area (Å²) in [5.41, 5.74) is 0.884. The predicted molar refractivity (Wildman–Crippen MR) is 93.3 cm³/mol. The zero-order chi connectivity index (χ0) is 18.6. The lowest BCUT2D eigenvalue weighted by Crippen LogP contribution is -2.44. The number of primary sulfonamides is 1. The Labute approximate surface area is 147 Å². The van der Waals surface area contributed by atoms with Gasteiger partial charge in [-0.3, -0.25) is 4.79 Å². The Balaban J connectivity index is 1.75. The van der Waals surface area contributed by atoms with E-state index in [2.05, 4.69) is 10.6 Å². The highest BCUT2D eigenvalue weighted by Crippen LogP contribution is 2.14. The molecule has 9 heteroatoms. The van der Waals surface area contributed by atoms with Crippen LogP contribution in [0.5, 0.6) is 0 Å². The number of nitrogens with two attached hydrogens (primary N) is 1. The van der Waals surface area contributed by atoms with E-state index in [-0.39, 0.29) is 28.9 Å². The van der Waals surface area contributed by atoms with Gasteiger partial charge >= 0.3 is 6.03 Å². The van der Waals surface area contributed by atoms with Crippen molar-refractivity contribution in [3.63, 3.8) is 0 Å². The quantitative estimate of drug-likeness (QED) is 0.663. The van der Waals surface area contributed by atoms with Crippen LogP contribution in [0.1, 0.15) is 25.8 Å². The van der Waals surface area contributed by atoms with Crippen LogP contribution in [0.15, 0.2) is 29.2 Å². The van der Waals surface area contributed by atoms with Crippen molar-refractivity contribution in [3.8, 4) is 0 Å². The van der Waals surface area contributed by atoms with Crippen LogP contribution in [0.4, 0.5) is 4.79 Å². The molecule has 1 atom stereocenters. The van der Waals surface area contributed by atoms with Gasteiger partial charge in [-0.1, -0.05) is 12.1 Å². The SMILES string of the molecule is CC(C)N1CC(NC(=O)NCCc2ccc(S(N)(=O)=O)cc2)CC1=O. The summed E-state index contributed by atoms with van der Waals surface area (Å²) >= 11 is 0. The van der Waals surface area contributed by atoms with Gasteiger partial charge in [0.25, 0.3) is 0 Å². The normalized spacial score (nSPS) is 17.8. The van der Waals surface area contributed by atoms with E-state index in [4.69, 9.17) is 5.14 Å². The molecule has 4 N–H and O–H groups in total. The van der Waals surface area contributed by atoms with Crippen molar-refractivity contribution in [2.75, 3.05) is 13.1 Å². The summed E-state index contributed by atoms with van der Waals surface area (Å²) in [4.78, 5) is 25.5. The molecule has 138 valence electrons. The molecule has 2 rings (SSSR count). The van der Waals surface area contributed by atoms with Crippen molar-refractivity contribution in [2.24, 2.45) is 5.14 Å². The second-order valence-corrected chi connectivity index (χ2v) is 7.94. The molecule has 1 saturated heterocycles. The van der Waals surface area contributed by atoms with Crippen LogP contribution in [0.2, 0.25) is 0 Å². The number of nitrogens with zero attached hydrogens (tertiary/aromatic N) is 1. The first-order chi connectivity index (χ1) is 11.7. The molecule has 0 aliphatic carbocycles. The number of rotatable bonds is 6. The van der Waals surface area contributed by atoms with Crippen molar-refractivity contribution in [1.29, 1.82) is 0 Å². The molecule has 0 radical (unpaired) electrons. The zero-order valence-electron chi connectivity index (χ0n) is 14.4. The second-order valence-electron chi connectivity index (χ2n) is 6.38. The van der Waals surface area contributed by atoms with Gasteiger partial charge in [-0.05, 0) is 38.0 Å². The Hall–Kier alpha value is -2.13. The maximum Gasteiger partial charge on any atom is 0.315 e. The Morgan fingerprint density at radius 3 is 2.48 bits per heavy atom. The lowest BCUT2D eigenvalue weighted by molar-refractivity contribution is -0.129. The minimum absolute atomic E-state index is 0.0512. The molecule has 8 nitrogen and oxygen atoms in total. The number of hydrogen-bond acceptors (Lipinski definition) is 4. The smallest absolute Gasteiger partial charge is 0.315 e. The van der Waals surface area contributed by atoms with E-state index in [0.717, 1.165) is 5.56 Å². The molecule has 1 fully saturated rings. The highest BCUT2D eigenvalue weighted by molar-refractivity contribution is 7.89. The van der Waals surface area contributed by atoms with Crippen LogP contribution in [0.25, 0.3) is 0 Å². The molecule has 0 spiro atoms. The topological polar surface area (TPSA) is 122 Å². The average Bonchev–Trinajstić information content (AvgIpc) is 2.87. The zero-order valence-corrected chi connectivity index (χ0v) is 15.2. The molecule has 0 aromatic heterocycles. The molecular formula is C16H24N4O4S. The maximum absolute atomic E-state index is 11.9. The minimum Gasteiger partial charge on any atom is -0.338 e. The van der Waals surface area contributed by atoms with Crippen LogP contribution in [0, 0.1) is 0 Å². The Morgan fingerprint density at radius 1 is 1.32 bits per heavy atom. The van der Waals surface area contributed by atoms with Crippen LogP contribution in [-0.4, -0.2) is 50.4 Å². The minimum atomic E-state index is -3.69. The van der Waals surface area contributed by atoms with Gasteiger partial charge in [0, 0.05) is 25.6 Å². The highest BCUT2D eigenvalue weighted by Gasteiger charge is 2.31. The van der Waals surface area contributed by atoms with Gasteiger partial charge in [-0.15, -0.1) is 0 Å². The first kappa shape index (κ1) is 19.2. The van der Waals surface area contributed by atoms with Crippen molar-refractivity contribution in [3.05, 3.63) is 29.8 Å². The molecule has 1 aromatic rings. The molecule has 3 amide bonds. The van der Waals surface area contributed by atoms with Crippen LogP contribution >= 0.6 is 0 Å². The van der Waals surface area contributed by atoms with Crippen molar-refractivity contribution in [1.82, 2.24) is 15.5 Å². The predicted octanol–water partition coefficient (Wildman–Crippen LogP) is 0.185. The van der Waals surface area contributed by atoms with Crippen molar-refractivity contribution >= 4 is 22.0 Å². The third-order valence-corrected chi connectivity index (χ3v) is 5.00. The van der Waals surface area contributed by atoms with Crippen LogP contribution in [0.3, 0.4) is 0 Å². The molecule has 0 saturated carbocycles. The number of benzene rings is 1. The average molecular weight is 368 g/mol. The van der Waals surface area contributed by atoms with Crippen LogP contribution < -0.4 is 15.8 Å². The molecule has 0 bridgehead atoms. The summed E-state index contributed by atoms with van der Waals surface area (Å²) in [5, 5.41) is 10.6. The Kier molecular flexibility index (Phi) is 6.02. The molecular weight excluding hydrogens is 344 g/mol. The number of urea groups is 1. The highest BCUT2D eigenvalue weighted by atomic mass is 32.2. The Bertz CT molecular complexity index is 731. The fourth-order valence-corrected chi connectivity index (χ4v) is 3.25. The molecule has 1 aliphatic rings. The van der Waals surface area contributed by atoms with E-state index in [1.165, 1.54) is 12.1 Å². The lowest BCUT2D eigenvalue weighted by Gasteiger charge is -2.21. The fraction of sp³-hybridized carbons (Fsp3) is 0.500. The maximum atomic E-state index is 11.9. The summed E-state index contributed by atoms with van der Waals surface area (Å²) in [6.45, 7) is 4.82. The van der Waals surface area contributed by atoms with Gasteiger partial charge in [0.05, 0.1) is 10.9 Å². The van der Waals surface area contributed by atoms with E-state index in [9.17, 15) is 18.0 Å². The molecule has 25 heavy (non-hydrogen) atoms. The van der Waals surface area contributed by atoms with E-state index >= 15 is 0 Å². The van der Waals surface area contributed by atoms with Gasteiger partial charge in [0.2, 0.25) is 15.9 Å². The Morgan fingerprint density at radius 2 is 1.96 bits per heavy atom. The third-order valence-electron chi connectivity index (χ3n) is 4.07. The molecule has 1 heterocycles. The number of sulfonamides is 1.